The van der Waals surface area contributed by atoms with Gasteiger partial charge in [-0.1, -0.05) is 0 Å². The summed E-state index contributed by atoms with van der Waals surface area (Å²) in [5.41, 5.74) is 0.606. The number of aryl methyl sites for hydroxylation is 1. The Kier molecular flexibility index (Phi) is 4.62. The van der Waals surface area contributed by atoms with Crippen LogP contribution in [0.3, 0.4) is 0 Å². The Morgan fingerprint density at radius 2 is 2.14 bits per heavy atom. The summed E-state index contributed by atoms with van der Waals surface area (Å²) >= 11 is 5.69. The molecular weight excluding hydrogens is 294 g/mol. The van der Waals surface area contributed by atoms with E-state index in [-0.39, 0.29) is 0 Å². The predicted molar refractivity (Wildman–Crippen MR) is 80.5 cm³/mol. The van der Waals surface area contributed by atoms with Gasteiger partial charge in [0.25, 0.3) is 0 Å². The fourth-order valence-corrected chi connectivity index (χ4v) is 1.89. The van der Waals surface area contributed by atoms with Crippen molar-refractivity contribution in [3.63, 3.8) is 0 Å². The lowest BCUT2D eigenvalue weighted by Crippen LogP contribution is -2.27. The minimum Gasteiger partial charge on any atom is -0.444 e. The predicted octanol–water partition coefficient (Wildman–Crippen LogP) is 2.80. The number of anilines is 1. The van der Waals surface area contributed by atoms with E-state index in [4.69, 9.17) is 16.3 Å². The van der Waals surface area contributed by atoms with E-state index in [1.54, 1.807) is 27.1 Å². The van der Waals surface area contributed by atoms with Gasteiger partial charge in [0.15, 0.2) is 17.0 Å². The monoisotopic (exact) mass is 311 g/mol. The van der Waals surface area contributed by atoms with Gasteiger partial charge in [0.1, 0.15) is 11.9 Å². The summed E-state index contributed by atoms with van der Waals surface area (Å²) in [6, 6.07) is 0. The van der Waals surface area contributed by atoms with Gasteiger partial charge in [0, 0.05) is 12.4 Å². The van der Waals surface area contributed by atoms with Crippen LogP contribution in [0, 0.1) is 0 Å². The number of nitrogens with zero attached hydrogens (tertiary/aromatic N) is 4. The van der Waals surface area contributed by atoms with E-state index in [2.05, 4.69) is 20.3 Å². The largest absolute Gasteiger partial charge is 0.444 e. The van der Waals surface area contributed by atoms with Crippen molar-refractivity contribution in [2.24, 2.45) is 0 Å². The van der Waals surface area contributed by atoms with Crippen molar-refractivity contribution in [2.75, 3.05) is 11.2 Å². The molecule has 1 amide bonds. The zero-order chi connectivity index (χ0) is 15.5. The molecular formula is C13H18ClN5O2. The lowest BCUT2D eigenvalue weighted by molar-refractivity contribution is 0.0635. The van der Waals surface area contributed by atoms with Crippen LogP contribution in [0.5, 0.6) is 0 Å². The number of carbonyl (C=O) groups is 1. The maximum atomic E-state index is 11.8. The number of rotatable bonds is 4. The highest BCUT2D eigenvalue weighted by atomic mass is 35.5. The summed E-state index contributed by atoms with van der Waals surface area (Å²) in [5, 5.41) is 2.60. The standard InChI is InChI=1S/C13H18ClN5O2/c1-13(2,3)21-12(20)18-10-9-11(16-7-15-10)19(8-17-9)6-4-5-14/h7-8H,4-6H2,1-3H3,(H,15,16,18,20). The molecule has 1 N–H and O–H groups in total. The van der Waals surface area contributed by atoms with Crippen LogP contribution in [0.15, 0.2) is 12.7 Å². The van der Waals surface area contributed by atoms with Gasteiger partial charge in [-0.25, -0.2) is 19.7 Å². The lowest BCUT2D eigenvalue weighted by Gasteiger charge is -2.19. The molecule has 0 aliphatic carbocycles. The van der Waals surface area contributed by atoms with E-state index in [1.165, 1.54) is 6.33 Å². The summed E-state index contributed by atoms with van der Waals surface area (Å²) in [6.07, 6.45) is 3.28. The number of carbonyl (C=O) groups excluding carboxylic acids is 1. The highest BCUT2D eigenvalue weighted by Gasteiger charge is 2.18. The Morgan fingerprint density at radius 1 is 1.38 bits per heavy atom. The quantitative estimate of drug-likeness (QED) is 0.878. The van der Waals surface area contributed by atoms with E-state index < -0.39 is 11.7 Å². The number of amides is 1. The van der Waals surface area contributed by atoms with Crippen LogP contribution in [0.2, 0.25) is 0 Å². The molecule has 7 nitrogen and oxygen atoms in total. The van der Waals surface area contributed by atoms with Gasteiger partial charge >= 0.3 is 6.09 Å². The van der Waals surface area contributed by atoms with Crippen LogP contribution in [0.25, 0.3) is 11.2 Å². The van der Waals surface area contributed by atoms with Crippen molar-refractivity contribution in [2.45, 2.75) is 39.3 Å². The number of hydrogen-bond acceptors (Lipinski definition) is 5. The molecule has 0 bridgehead atoms. The molecule has 0 fully saturated rings. The Hall–Kier alpha value is -1.89. The average molecular weight is 312 g/mol. The summed E-state index contributed by atoms with van der Waals surface area (Å²) in [6.45, 7) is 6.10. The fourth-order valence-electron chi connectivity index (χ4n) is 1.77. The van der Waals surface area contributed by atoms with Crippen molar-refractivity contribution in [3.8, 4) is 0 Å². The van der Waals surface area contributed by atoms with Crippen LogP contribution in [-0.2, 0) is 11.3 Å². The topological polar surface area (TPSA) is 81.9 Å². The minimum atomic E-state index is -0.573. The molecule has 0 radical (unpaired) electrons. The third kappa shape index (κ3) is 4.04. The second kappa shape index (κ2) is 6.26. The Balaban J connectivity index is 2.21. The number of alkyl halides is 1. The van der Waals surface area contributed by atoms with E-state index in [0.29, 0.717) is 29.4 Å². The minimum absolute atomic E-state index is 0.332. The molecule has 8 heteroatoms. The second-order valence-corrected chi connectivity index (χ2v) is 5.88. The fraction of sp³-hybridized carbons (Fsp3) is 0.538. The third-order valence-electron chi connectivity index (χ3n) is 2.55. The van der Waals surface area contributed by atoms with Gasteiger partial charge in [-0.05, 0) is 27.2 Å². The highest BCUT2D eigenvalue weighted by Crippen LogP contribution is 2.18. The van der Waals surface area contributed by atoms with Crippen LogP contribution < -0.4 is 5.32 Å². The summed E-state index contributed by atoms with van der Waals surface area (Å²) in [5.74, 6) is 0.896. The Labute approximate surface area is 127 Å². The maximum Gasteiger partial charge on any atom is 0.413 e. The van der Waals surface area contributed by atoms with Crippen molar-refractivity contribution >= 4 is 34.7 Å². The zero-order valence-electron chi connectivity index (χ0n) is 12.3. The molecule has 0 aromatic carbocycles. The van der Waals surface area contributed by atoms with Gasteiger partial charge in [0.2, 0.25) is 0 Å². The second-order valence-electron chi connectivity index (χ2n) is 5.50. The number of ether oxygens (including phenoxy) is 1. The summed E-state index contributed by atoms with van der Waals surface area (Å²) in [4.78, 5) is 24.3. The first-order valence-corrected chi connectivity index (χ1v) is 7.16. The first-order valence-electron chi connectivity index (χ1n) is 6.62. The van der Waals surface area contributed by atoms with Gasteiger partial charge in [-0.3, -0.25) is 5.32 Å². The molecule has 21 heavy (non-hydrogen) atoms. The van der Waals surface area contributed by atoms with E-state index in [9.17, 15) is 4.79 Å². The van der Waals surface area contributed by atoms with Crippen LogP contribution in [0.4, 0.5) is 10.6 Å². The summed E-state index contributed by atoms with van der Waals surface area (Å²) < 4.78 is 7.07. The number of imidazole rings is 1. The van der Waals surface area contributed by atoms with Gasteiger partial charge < -0.3 is 9.30 Å². The highest BCUT2D eigenvalue weighted by molar-refractivity contribution is 6.17. The van der Waals surface area contributed by atoms with Crippen LogP contribution in [-0.4, -0.2) is 37.1 Å². The first-order chi connectivity index (χ1) is 9.90. The van der Waals surface area contributed by atoms with E-state index >= 15 is 0 Å². The SMILES string of the molecule is CC(C)(C)OC(=O)Nc1ncnc2c1ncn2CCCCl. The molecule has 2 rings (SSSR count). The molecule has 0 aliphatic heterocycles. The molecule has 2 heterocycles. The lowest BCUT2D eigenvalue weighted by atomic mass is 10.2. The first kappa shape index (κ1) is 15.5. The molecule has 0 aliphatic rings. The van der Waals surface area contributed by atoms with Gasteiger partial charge in [-0.2, -0.15) is 0 Å². The molecule has 114 valence electrons. The normalized spacial score (nSPS) is 11.6. The van der Waals surface area contributed by atoms with Crippen molar-refractivity contribution in [3.05, 3.63) is 12.7 Å². The van der Waals surface area contributed by atoms with Gasteiger partial charge in [-0.15, -0.1) is 11.6 Å². The van der Waals surface area contributed by atoms with Crippen molar-refractivity contribution in [1.82, 2.24) is 19.5 Å². The average Bonchev–Trinajstić information content (AvgIpc) is 2.78. The van der Waals surface area contributed by atoms with Crippen LogP contribution in [0.1, 0.15) is 27.2 Å². The zero-order valence-corrected chi connectivity index (χ0v) is 13.0. The number of aromatic nitrogens is 4. The molecule has 0 unspecified atom stereocenters. The number of halogens is 1. The van der Waals surface area contributed by atoms with Crippen LogP contribution >= 0.6 is 11.6 Å². The Morgan fingerprint density at radius 3 is 2.81 bits per heavy atom. The van der Waals surface area contributed by atoms with E-state index in [1.807, 2.05) is 4.57 Å². The number of hydrogen-bond donors (Lipinski definition) is 1. The van der Waals surface area contributed by atoms with E-state index in [0.717, 1.165) is 6.42 Å². The van der Waals surface area contributed by atoms with Gasteiger partial charge in [0.05, 0.1) is 6.33 Å². The number of fused-ring (bicyclic) bond motifs is 1. The molecule has 0 saturated heterocycles. The Bertz CT molecular complexity index is 635. The molecule has 2 aromatic heterocycles. The smallest absolute Gasteiger partial charge is 0.413 e. The molecule has 0 atom stereocenters. The summed E-state index contributed by atoms with van der Waals surface area (Å²) in [7, 11) is 0. The van der Waals surface area contributed by atoms with Crippen molar-refractivity contribution < 1.29 is 9.53 Å². The molecule has 0 spiro atoms. The maximum absolute atomic E-state index is 11.8. The third-order valence-corrected chi connectivity index (χ3v) is 2.82. The molecule has 2 aromatic rings. The number of nitrogens with one attached hydrogen (secondary N) is 1. The molecule has 0 saturated carbocycles. The van der Waals surface area contributed by atoms with Crippen molar-refractivity contribution in [1.29, 1.82) is 0 Å².